The molecule has 5 nitrogen and oxygen atoms in total. The molecule has 0 saturated carbocycles. The van der Waals surface area contributed by atoms with Gasteiger partial charge < -0.3 is 0 Å². The normalized spacial score (nSPS) is 12.4. The second-order valence-electron chi connectivity index (χ2n) is 2.76. The van der Waals surface area contributed by atoms with Gasteiger partial charge in [-0.05, 0) is 0 Å². The Labute approximate surface area is 80.7 Å². The topological polar surface area (TPSA) is 76.5 Å². The van der Waals surface area contributed by atoms with Crippen LogP contribution in [0.25, 0.3) is 0 Å². The average Bonchev–Trinajstić information content (AvgIpc) is 2.30. The maximum atomic E-state index is 7.53. The van der Waals surface area contributed by atoms with Crippen LogP contribution in [0.15, 0.2) is 6.20 Å². The van der Waals surface area contributed by atoms with E-state index in [0.29, 0.717) is 5.44 Å². The molecule has 0 bridgehead atoms. The number of aromatic nitrogens is 3. The van der Waals surface area contributed by atoms with Gasteiger partial charge in [-0.2, -0.15) is 0 Å². The van der Waals surface area contributed by atoms with E-state index < -0.39 is 5.35 Å². The van der Waals surface area contributed by atoms with Crippen LogP contribution in [-0.4, -0.2) is 24.8 Å². The molecule has 0 spiro atoms. The van der Waals surface area contributed by atoms with Crippen LogP contribution in [0.1, 0.15) is 19.9 Å². The zero-order valence-corrected chi connectivity index (χ0v) is 10.7. The molecule has 1 aromatic heterocycles. The van der Waals surface area contributed by atoms with Crippen molar-refractivity contribution in [2.24, 2.45) is 0 Å². The van der Waals surface area contributed by atoms with Crippen molar-refractivity contribution in [1.82, 2.24) is 15.0 Å². The van der Waals surface area contributed by atoms with Crippen LogP contribution in [0.4, 0.5) is 0 Å². The monoisotopic (exact) mass is 361 g/mol. The fourth-order valence-electron chi connectivity index (χ4n) is 0.664. The molecule has 7 heteroatoms. The van der Waals surface area contributed by atoms with Crippen molar-refractivity contribution in [1.29, 1.82) is 0 Å². The predicted octanol–water partition coefficient (Wildman–Crippen LogP) is -0.757. The van der Waals surface area contributed by atoms with Crippen molar-refractivity contribution in [2.75, 3.05) is 0 Å². The summed E-state index contributed by atoms with van der Waals surface area (Å²) in [5, 5.41) is 5.27. The Bertz CT molecular complexity index is 318. The van der Waals surface area contributed by atoms with Crippen molar-refractivity contribution in [3.05, 3.63) is 6.20 Å². The summed E-state index contributed by atoms with van der Waals surface area (Å²) >= 11 is 0.966. The molecule has 0 saturated heterocycles. The van der Waals surface area contributed by atoms with Crippen LogP contribution < -0.4 is 5.44 Å². The van der Waals surface area contributed by atoms with Crippen LogP contribution in [-0.2, 0) is 18.8 Å². The average molecular weight is 361 g/mol. The van der Waals surface area contributed by atoms with E-state index in [1.165, 1.54) is 0 Å². The Morgan fingerprint density at radius 3 is 2.42 bits per heavy atom. The van der Waals surface area contributed by atoms with Crippen molar-refractivity contribution >= 4 is 10.8 Å². The van der Waals surface area contributed by atoms with Gasteiger partial charge in [0.25, 0.3) is 0 Å². The third-order valence-corrected chi connectivity index (χ3v) is 4.22. The number of hydrogen-bond donors (Lipinski definition) is 0. The standard InChI is InChI=1S/C5H10N3O2P.W/c1-4(2)8-3-5(6-7-8)11(9)10;/h3-4,9-10H,1-2H3;/p+2. The number of hydrogen-bond acceptors (Lipinski definition) is 2. The van der Waals surface area contributed by atoms with E-state index in [1.807, 2.05) is 13.8 Å². The van der Waals surface area contributed by atoms with Crippen LogP contribution in [0.2, 0.25) is 0 Å². The Hall–Kier alpha value is 0.178. The van der Waals surface area contributed by atoms with E-state index in [9.17, 15) is 0 Å². The van der Waals surface area contributed by atoms with Crippen LogP contribution >= 0.6 is 5.35 Å². The maximum absolute atomic E-state index is 7.53. The van der Waals surface area contributed by atoms with Crippen molar-refractivity contribution in [2.45, 2.75) is 19.9 Å². The summed E-state index contributed by atoms with van der Waals surface area (Å²) in [6.45, 7) is 3.99. The summed E-state index contributed by atoms with van der Waals surface area (Å²) in [7, 11) is 0. The number of rotatable bonds is 2. The molecule has 1 rings (SSSR count). The molecule has 0 fully saturated rings. The molecule has 0 unspecified atom stereocenters. The summed E-state index contributed by atoms with van der Waals surface area (Å²) < 4.78 is 1.69. The first kappa shape index (κ1) is 10.3. The van der Waals surface area contributed by atoms with Crippen molar-refractivity contribution in [3.63, 3.8) is 0 Å². The third-order valence-electron chi connectivity index (χ3n) is 1.35. The van der Waals surface area contributed by atoms with E-state index in [-0.39, 0.29) is 6.04 Å². The van der Waals surface area contributed by atoms with Gasteiger partial charge in [-0.3, -0.25) is 0 Å². The van der Waals surface area contributed by atoms with Gasteiger partial charge in [-0.15, -0.1) is 0 Å². The van der Waals surface area contributed by atoms with E-state index in [2.05, 4.69) is 10.3 Å². The molecule has 68 valence electrons. The first-order valence-electron chi connectivity index (χ1n) is 3.44. The molecule has 12 heavy (non-hydrogen) atoms. The fourth-order valence-corrected chi connectivity index (χ4v) is 2.01. The third kappa shape index (κ3) is 2.33. The van der Waals surface area contributed by atoms with Gasteiger partial charge in [-0.25, -0.2) is 0 Å². The molecule has 0 atom stereocenters. The second-order valence-corrected chi connectivity index (χ2v) is 10.3. The fraction of sp³-hybridized carbons (Fsp3) is 0.600. The van der Waals surface area contributed by atoms with Crippen LogP contribution in [0.3, 0.4) is 0 Å². The summed E-state index contributed by atoms with van der Waals surface area (Å²) in [5.74, 6) is 0. The van der Waals surface area contributed by atoms with Gasteiger partial charge in [0.05, 0.1) is 0 Å². The molecule has 0 aliphatic carbocycles. The molecule has 0 radical (unpaired) electrons. The Morgan fingerprint density at radius 2 is 2.17 bits per heavy atom. The molecule has 0 aliphatic rings. The Kier molecular flexibility index (Phi) is 3.00. The summed E-state index contributed by atoms with van der Waals surface area (Å²) in [6.07, 6.45) is 1.71. The van der Waals surface area contributed by atoms with Crippen molar-refractivity contribution < 1.29 is 28.6 Å². The van der Waals surface area contributed by atoms with Gasteiger partial charge in [0.1, 0.15) is 0 Å². The van der Waals surface area contributed by atoms with Gasteiger partial charge in [0, 0.05) is 0 Å². The SMILES string of the molecule is CC(C)n1cc([P]([OH2+])([OH2+])=[W])nn1. The summed E-state index contributed by atoms with van der Waals surface area (Å²) in [6, 6.07) is 0.257. The summed E-state index contributed by atoms with van der Waals surface area (Å²) in [5.41, 5.74) is 0.534. The Balaban J connectivity index is 3.00. The van der Waals surface area contributed by atoms with Gasteiger partial charge >= 0.3 is 80.5 Å². The molecule has 0 amide bonds. The van der Waals surface area contributed by atoms with Crippen LogP contribution in [0, 0.1) is 0 Å². The Morgan fingerprint density at radius 1 is 1.58 bits per heavy atom. The molecule has 1 aromatic rings. The van der Waals surface area contributed by atoms with Crippen LogP contribution in [0.5, 0.6) is 0 Å². The predicted molar refractivity (Wildman–Crippen MR) is 44.2 cm³/mol. The molecule has 0 aliphatic heterocycles. The van der Waals surface area contributed by atoms with E-state index in [4.69, 9.17) is 9.79 Å². The van der Waals surface area contributed by atoms with Gasteiger partial charge in [0.2, 0.25) is 0 Å². The van der Waals surface area contributed by atoms with Gasteiger partial charge in [0.15, 0.2) is 0 Å². The first-order valence-corrected chi connectivity index (χ1v) is 9.08. The van der Waals surface area contributed by atoms with E-state index in [0.717, 1.165) is 18.8 Å². The first-order chi connectivity index (χ1) is 5.41. The quantitative estimate of drug-likeness (QED) is 0.513. The minimum absolute atomic E-state index is 0.257. The molecule has 1 heterocycles. The minimum atomic E-state index is -2.40. The van der Waals surface area contributed by atoms with Gasteiger partial charge in [-0.1, -0.05) is 0 Å². The molecule has 4 N–H and O–H groups in total. The molecular weight excluding hydrogens is 349 g/mol. The molecular formula is C5H12N3O2PW+2. The summed E-state index contributed by atoms with van der Waals surface area (Å²) in [4.78, 5) is 15.1. The second kappa shape index (κ2) is 3.50. The number of nitrogens with zero attached hydrogens (tertiary/aromatic N) is 3. The molecule has 0 aromatic carbocycles. The zero-order valence-electron chi connectivity index (χ0n) is 6.85. The zero-order chi connectivity index (χ0) is 9.35. The van der Waals surface area contributed by atoms with Crippen molar-refractivity contribution in [3.8, 4) is 0 Å². The van der Waals surface area contributed by atoms with E-state index >= 15 is 0 Å². The van der Waals surface area contributed by atoms with E-state index in [1.54, 1.807) is 10.9 Å².